The molecule has 1 aromatic carbocycles. The van der Waals surface area contributed by atoms with Gasteiger partial charge in [0.1, 0.15) is 11.4 Å². The number of nitrogens with two attached hydrogens (primary N) is 1. The zero-order valence-corrected chi connectivity index (χ0v) is 10.4. The first-order valence-electron chi connectivity index (χ1n) is 6.10. The molecule has 94 valence electrons. The fourth-order valence-electron chi connectivity index (χ4n) is 2.44. The van der Waals surface area contributed by atoms with Crippen LogP contribution in [-0.2, 0) is 19.5 Å². The van der Waals surface area contributed by atoms with Crippen LogP contribution in [0.15, 0.2) is 22.8 Å². The van der Waals surface area contributed by atoms with Gasteiger partial charge in [-0.05, 0) is 30.5 Å². The summed E-state index contributed by atoms with van der Waals surface area (Å²) in [6.45, 7) is 4.60. The zero-order valence-electron chi connectivity index (χ0n) is 10.4. The maximum absolute atomic E-state index is 5.99. The van der Waals surface area contributed by atoms with Gasteiger partial charge in [-0.3, -0.25) is 4.90 Å². The Labute approximate surface area is 106 Å². The minimum absolute atomic E-state index is 0.781. The summed E-state index contributed by atoms with van der Waals surface area (Å²) in [5, 5.41) is 7.74. The first kappa shape index (κ1) is 11.2. The van der Waals surface area contributed by atoms with Gasteiger partial charge in [0.05, 0.1) is 0 Å². The van der Waals surface area contributed by atoms with Crippen LogP contribution in [0, 0.1) is 6.92 Å². The van der Waals surface area contributed by atoms with E-state index >= 15 is 0 Å². The molecular weight excluding hydrogens is 228 g/mol. The van der Waals surface area contributed by atoms with Crippen molar-refractivity contribution in [3.8, 4) is 0 Å². The maximum atomic E-state index is 5.99. The fourth-order valence-corrected chi connectivity index (χ4v) is 2.44. The largest absolute Gasteiger partial charge is 0.398 e. The highest BCUT2D eigenvalue weighted by Crippen LogP contribution is 2.24. The number of hydrogen-bond donors (Lipinski definition) is 1. The van der Waals surface area contributed by atoms with Crippen molar-refractivity contribution in [2.24, 2.45) is 0 Å². The number of rotatable bonds is 2. The molecule has 0 saturated carbocycles. The molecule has 5 nitrogen and oxygen atoms in total. The second kappa shape index (κ2) is 4.42. The van der Waals surface area contributed by atoms with Crippen LogP contribution in [0.25, 0.3) is 0 Å². The third-order valence-corrected chi connectivity index (χ3v) is 3.50. The Morgan fingerprint density at radius 2 is 2.28 bits per heavy atom. The Kier molecular flexibility index (Phi) is 2.76. The Morgan fingerprint density at radius 3 is 3.06 bits per heavy atom. The molecule has 1 aromatic heterocycles. The Balaban J connectivity index is 1.77. The van der Waals surface area contributed by atoms with E-state index in [1.807, 2.05) is 19.1 Å². The van der Waals surface area contributed by atoms with Gasteiger partial charge in [0.15, 0.2) is 0 Å². The predicted octanol–water partition coefficient (Wildman–Crippen LogP) is 1.52. The molecule has 0 atom stereocenters. The molecular formula is C13H16N4O. The number of benzene rings is 1. The summed E-state index contributed by atoms with van der Waals surface area (Å²) < 4.78 is 4.73. The topological polar surface area (TPSA) is 68.2 Å². The lowest BCUT2D eigenvalue weighted by atomic mass is 9.98. The van der Waals surface area contributed by atoms with Crippen molar-refractivity contribution < 1.29 is 4.63 Å². The molecule has 0 bridgehead atoms. The van der Waals surface area contributed by atoms with E-state index in [0.29, 0.717) is 0 Å². The number of hydrogen-bond acceptors (Lipinski definition) is 5. The molecule has 0 saturated heterocycles. The van der Waals surface area contributed by atoms with E-state index in [-0.39, 0.29) is 0 Å². The van der Waals surface area contributed by atoms with E-state index in [2.05, 4.69) is 21.3 Å². The summed E-state index contributed by atoms with van der Waals surface area (Å²) in [7, 11) is 0. The lowest BCUT2D eigenvalue weighted by molar-refractivity contribution is 0.233. The van der Waals surface area contributed by atoms with Crippen LogP contribution >= 0.6 is 0 Å². The molecule has 3 rings (SSSR count). The quantitative estimate of drug-likeness (QED) is 0.811. The summed E-state index contributed by atoms with van der Waals surface area (Å²) >= 11 is 0. The molecule has 2 aromatic rings. The molecule has 1 aliphatic rings. The SMILES string of the molecule is Cc1nonc1CN1CCc2c(N)cccc2C1. The highest BCUT2D eigenvalue weighted by atomic mass is 16.6. The smallest absolute Gasteiger partial charge is 0.122 e. The molecule has 0 spiro atoms. The molecule has 0 aliphatic carbocycles. The van der Waals surface area contributed by atoms with E-state index in [4.69, 9.17) is 10.4 Å². The van der Waals surface area contributed by atoms with Gasteiger partial charge in [0.2, 0.25) is 0 Å². The fraction of sp³-hybridized carbons (Fsp3) is 0.385. The molecule has 1 aliphatic heterocycles. The van der Waals surface area contributed by atoms with E-state index in [0.717, 1.165) is 43.1 Å². The summed E-state index contributed by atoms with van der Waals surface area (Å²) in [4.78, 5) is 2.34. The van der Waals surface area contributed by atoms with Crippen molar-refractivity contribution in [3.05, 3.63) is 40.7 Å². The molecule has 5 heteroatoms. The number of aromatic nitrogens is 2. The normalized spacial score (nSPS) is 15.6. The van der Waals surface area contributed by atoms with Gasteiger partial charge < -0.3 is 5.73 Å². The van der Waals surface area contributed by atoms with Gasteiger partial charge in [0, 0.05) is 25.3 Å². The Morgan fingerprint density at radius 1 is 1.39 bits per heavy atom. The van der Waals surface area contributed by atoms with Gasteiger partial charge in [-0.1, -0.05) is 22.4 Å². The van der Waals surface area contributed by atoms with Gasteiger partial charge in [-0.25, -0.2) is 4.63 Å². The van der Waals surface area contributed by atoms with Crippen LogP contribution < -0.4 is 5.73 Å². The third kappa shape index (κ3) is 1.97. The first-order valence-corrected chi connectivity index (χ1v) is 6.10. The van der Waals surface area contributed by atoms with Crippen LogP contribution in [-0.4, -0.2) is 21.8 Å². The molecule has 18 heavy (non-hydrogen) atoms. The summed E-state index contributed by atoms with van der Waals surface area (Å²) in [5.74, 6) is 0. The van der Waals surface area contributed by atoms with Crippen LogP contribution in [0.3, 0.4) is 0 Å². The standard InChI is InChI=1S/C13H16N4O/c1-9-13(16-18-15-9)8-17-6-5-11-10(7-17)3-2-4-12(11)14/h2-4H,5-8,14H2,1H3. The van der Waals surface area contributed by atoms with E-state index in [1.165, 1.54) is 11.1 Å². The summed E-state index contributed by atoms with van der Waals surface area (Å²) in [6.07, 6.45) is 0.992. The molecule has 0 amide bonds. The third-order valence-electron chi connectivity index (χ3n) is 3.50. The highest BCUT2D eigenvalue weighted by molar-refractivity contribution is 5.51. The maximum Gasteiger partial charge on any atom is 0.122 e. The van der Waals surface area contributed by atoms with Crippen molar-refractivity contribution in [1.29, 1.82) is 0 Å². The van der Waals surface area contributed by atoms with E-state index < -0.39 is 0 Å². The minimum atomic E-state index is 0.781. The van der Waals surface area contributed by atoms with E-state index in [9.17, 15) is 0 Å². The van der Waals surface area contributed by atoms with Gasteiger partial charge in [-0.15, -0.1) is 0 Å². The van der Waals surface area contributed by atoms with Gasteiger partial charge in [0.25, 0.3) is 0 Å². The summed E-state index contributed by atoms with van der Waals surface area (Å²) in [5.41, 5.74) is 11.3. The Hall–Kier alpha value is -1.88. The molecule has 0 unspecified atom stereocenters. The number of fused-ring (bicyclic) bond motifs is 1. The van der Waals surface area contributed by atoms with Gasteiger partial charge in [-0.2, -0.15) is 0 Å². The van der Waals surface area contributed by atoms with Crippen LogP contribution in [0.1, 0.15) is 22.5 Å². The van der Waals surface area contributed by atoms with E-state index in [1.54, 1.807) is 0 Å². The van der Waals surface area contributed by atoms with Crippen molar-refractivity contribution in [2.75, 3.05) is 12.3 Å². The van der Waals surface area contributed by atoms with Crippen LogP contribution in [0.5, 0.6) is 0 Å². The van der Waals surface area contributed by atoms with Crippen molar-refractivity contribution in [2.45, 2.75) is 26.4 Å². The Bertz CT molecular complexity index is 564. The molecule has 0 radical (unpaired) electrons. The van der Waals surface area contributed by atoms with Crippen molar-refractivity contribution in [3.63, 3.8) is 0 Å². The molecule has 0 fully saturated rings. The summed E-state index contributed by atoms with van der Waals surface area (Å²) in [6, 6.07) is 6.13. The molecule has 2 N–H and O–H groups in total. The zero-order chi connectivity index (χ0) is 12.5. The van der Waals surface area contributed by atoms with Gasteiger partial charge >= 0.3 is 0 Å². The predicted molar refractivity (Wildman–Crippen MR) is 67.7 cm³/mol. The average Bonchev–Trinajstić information content (AvgIpc) is 2.75. The number of nitrogen functional groups attached to an aromatic ring is 1. The lowest BCUT2D eigenvalue weighted by Gasteiger charge is -2.28. The van der Waals surface area contributed by atoms with Crippen LogP contribution in [0.2, 0.25) is 0 Å². The lowest BCUT2D eigenvalue weighted by Crippen LogP contribution is -2.30. The van der Waals surface area contributed by atoms with Crippen molar-refractivity contribution >= 4 is 5.69 Å². The second-order valence-electron chi connectivity index (χ2n) is 4.74. The first-order chi connectivity index (χ1) is 8.74. The molecule has 2 heterocycles. The van der Waals surface area contributed by atoms with Crippen molar-refractivity contribution in [1.82, 2.24) is 15.2 Å². The van der Waals surface area contributed by atoms with Crippen LogP contribution in [0.4, 0.5) is 5.69 Å². The monoisotopic (exact) mass is 244 g/mol. The average molecular weight is 244 g/mol. The highest BCUT2D eigenvalue weighted by Gasteiger charge is 2.19. The number of nitrogens with zero attached hydrogens (tertiary/aromatic N) is 3. The second-order valence-corrected chi connectivity index (χ2v) is 4.74. The number of anilines is 1. The number of aryl methyl sites for hydroxylation is 1. The minimum Gasteiger partial charge on any atom is -0.398 e.